The topological polar surface area (TPSA) is 26.3 Å². The minimum atomic E-state index is -0.239. The van der Waals surface area contributed by atoms with E-state index in [4.69, 9.17) is 16.3 Å². The van der Waals surface area contributed by atoms with Gasteiger partial charge in [0.15, 0.2) is 0 Å². The second-order valence-electron chi connectivity index (χ2n) is 2.28. The van der Waals surface area contributed by atoms with E-state index in [9.17, 15) is 4.79 Å². The number of halogens is 1. The standard InChI is InChI=1S/C9H9ClO2/c1-2-9(11)12-8-5-3-7(10)4-6-8/h3-6H,2H2,1H3. The second-order valence-corrected chi connectivity index (χ2v) is 2.72. The highest BCUT2D eigenvalue weighted by atomic mass is 35.5. The van der Waals surface area contributed by atoms with Crippen LogP contribution in [-0.4, -0.2) is 5.97 Å². The van der Waals surface area contributed by atoms with Crippen LogP contribution < -0.4 is 4.74 Å². The summed E-state index contributed by atoms with van der Waals surface area (Å²) in [6.45, 7) is 1.75. The normalized spacial score (nSPS) is 9.50. The lowest BCUT2D eigenvalue weighted by molar-refractivity contribution is -0.134. The maximum absolute atomic E-state index is 10.8. The van der Waals surface area contributed by atoms with Gasteiger partial charge in [-0.3, -0.25) is 4.79 Å². The first-order valence-electron chi connectivity index (χ1n) is 3.68. The van der Waals surface area contributed by atoms with Gasteiger partial charge in [-0.2, -0.15) is 0 Å². The number of benzene rings is 1. The predicted octanol–water partition coefficient (Wildman–Crippen LogP) is 2.66. The minimum Gasteiger partial charge on any atom is -0.427 e. The highest BCUT2D eigenvalue weighted by Crippen LogP contribution is 2.15. The van der Waals surface area contributed by atoms with Crippen molar-refractivity contribution in [3.63, 3.8) is 0 Å². The van der Waals surface area contributed by atoms with E-state index in [1.807, 2.05) is 0 Å². The van der Waals surface area contributed by atoms with Gasteiger partial charge in [0, 0.05) is 11.4 Å². The van der Waals surface area contributed by atoms with E-state index in [0.717, 1.165) is 0 Å². The number of hydrogen-bond acceptors (Lipinski definition) is 2. The lowest BCUT2D eigenvalue weighted by atomic mass is 10.3. The predicted molar refractivity (Wildman–Crippen MR) is 47.4 cm³/mol. The molecule has 12 heavy (non-hydrogen) atoms. The van der Waals surface area contributed by atoms with E-state index in [-0.39, 0.29) is 5.97 Å². The number of hydrogen-bond donors (Lipinski definition) is 0. The number of carbonyl (C=O) groups excluding carboxylic acids is 1. The van der Waals surface area contributed by atoms with E-state index in [2.05, 4.69) is 0 Å². The smallest absolute Gasteiger partial charge is 0.310 e. The van der Waals surface area contributed by atoms with Crippen LogP contribution in [0.3, 0.4) is 0 Å². The van der Waals surface area contributed by atoms with Crippen LogP contribution in [0.4, 0.5) is 0 Å². The number of carbonyl (C=O) groups is 1. The van der Waals surface area contributed by atoms with Crippen LogP contribution in [0.2, 0.25) is 5.02 Å². The van der Waals surface area contributed by atoms with Crippen molar-refractivity contribution in [1.29, 1.82) is 0 Å². The molecule has 1 rings (SSSR count). The van der Waals surface area contributed by atoms with Gasteiger partial charge in [0.25, 0.3) is 0 Å². The molecule has 0 aliphatic heterocycles. The molecule has 0 N–H and O–H groups in total. The number of esters is 1. The van der Waals surface area contributed by atoms with Crippen LogP contribution >= 0.6 is 11.6 Å². The third-order valence-corrected chi connectivity index (χ3v) is 1.59. The highest BCUT2D eigenvalue weighted by Gasteiger charge is 1.99. The van der Waals surface area contributed by atoms with Gasteiger partial charge < -0.3 is 4.74 Å². The lowest BCUT2D eigenvalue weighted by Crippen LogP contribution is -2.04. The van der Waals surface area contributed by atoms with Crippen LogP contribution in [0.15, 0.2) is 24.3 Å². The maximum Gasteiger partial charge on any atom is 0.310 e. The van der Waals surface area contributed by atoms with E-state index < -0.39 is 0 Å². The molecule has 0 unspecified atom stereocenters. The lowest BCUT2D eigenvalue weighted by Gasteiger charge is -2.00. The quantitative estimate of drug-likeness (QED) is 0.522. The van der Waals surface area contributed by atoms with Crippen molar-refractivity contribution in [2.24, 2.45) is 0 Å². The zero-order chi connectivity index (χ0) is 8.97. The number of rotatable bonds is 2. The van der Waals surface area contributed by atoms with Crippen LogP contribution in [0.25, 0.3) is 0 Å². The second kappa shape index (κ2) is 4.12. The van der Waals surface area contributed by atoms with E-state index >= 15 is 0 Å². The van der Waals surface area contributed by atoms with Gasteiger partial charge in [-0.05, 0) is 24.3 Å². The van der Waals surface area contributed by atoms with Crippen molar-refractivity contribution in [3.05, 3.63) is 29.3 Å². The Morgan fingerprint density at radius 3 is 2.50 bits per heavy atom. The molecular formula is C9H9ClO2. The highest BCUT2D eigenvalue weighted by molar-refractivity contribution is 6.30. The van der Waals surface area contributed by atoms with Gasteiger partial charge in [0.05, 0.1) is 0 Å². The minimum absolute atomic E-state index is 0.239. The van der Waals surface area contributed by atoms with Crippen LogP contribution in [0, 0.1) is 0 Å². The van der Waals surface area contributed by atoms with Crippen molar-refractivity contribution in [2.45, 2.75) is 13.3 Å². The molecule has 3 heteroatoms. The van der Waals surface area contributed by atoms with E-state index in [1.54, 1.807) is 31.2 Å². The van der Waals surface area contributed by atoms with Crippen molar-refractivity contribution >= 4 is 17.6 Å². The Bertz CT molecular complexity index is 266. The molecule has 64 valence electrons. The molecule has 0 fully saturated rings. The van der Waals surface area contributed by atoms with E-state index in [0.29, 0.717) is 17.2 Å². The molecule has 0 aliphatic carbocycles. The zero-order valence-corrected chi connectivity index (χ0v) is 7.47. The van der Waals surface area contributed by atoms with E-state index in [1.165, 1.54) is 0 Å². The Balaban J connectivity index is 2.64. The molecular weight excluding hydrogens is 176 g/mol. The molecule has 0 heterocycles. The first kappa shape index (κ1) is 9.07. The summed E-state index contributed by atoms with van der Waals surface area (Å²) in [6.07, 6.45) is 0.378. The fourth-order valence-electron chi connectivity index (χ4n) is 0.706. The Labute approximate surface area is 76.1 Å². The largest absolute Gasteiger partial charge is 0.427 e. The molecule has 0 saturated heterocycles. The zero-order valence-electron chi connectivity index (χ0n) is 6.71. The van der Waals surface area contributed by atoms with Gasteiger partial charge in [-0.15, -0.1) is 0 Å². The monoisotopic (exact) mass is 184 g/mol. The molecule has 0 atom stereocenters. The van der Waals surface area contributed by atoms with Crippen LogP contribution in [0.1, 0.15) is 13.3 Å². The summed E-state index contributed by atoms with van der Waals surface area (Å²) in [5.74, 6) is 0.295. The molecule has 1 aromatic rings. The molecule has 2 nitrogen and oxygen atoms in total. The van der Waals surface area contributed by atoms with Crippen LogP contribution in [0.5, 0.6) is 5.75 Å². The average Bonchev–Trinajstić information content (AvgIpc) is 2.09. The SMILES string of the molecule is CCC(=O)Oc1ccc(Cl)cc1. The Morgan fingerprint density at radius 2 is 2.00 bits per heavy atom. The number of ether oxygens (including phenoxy) is 1. The third-order valence-electron chi connectivity index (χ3n) is 1.33. The summed E-state index contributed by atoms with van der Waals surface area (Å²) in [4.78, 5) is 10.8. The van der Waals surface area contributed by atoms with Crippen molar-refractivity contribution in [1.82, 2.24) is 0 Å². The Morgan fingerprint density at radius 1 is 1.42 bits per heavy atom. The summed E-state index contributed by atoms with van der Waals surface area (Å²) in [7, 11) is 0. The molecule has 0 aliphatic rings. The van der Waals surface area contributed by atoms with Crippen molar-refractivity contribution in [3.8, 4) is 5.75 Å². The van der Waals surface area contributed by atoms with Crippen molar-refractivity contribution < 1.29 is 9.53 Å². The molecule has 0 amide bonds. The van der Waals surface area contributed by atoms with Gasteiger partial charge in [0.1, 0.15) is 5.75 Å². The first-order chi connectivity index (χ1) is 5.72. The Kier molecular flexibility index (Phi) is 3.11. The van der Waals surface area contributed by atoms with Gasteiger partial charge >= 0.3 is 5.97 Å². The third kappa shape index (κ3) is 2.55. The first-order valence-corrected chi connectivity index (χ1v) is 4.06. The summed E-state index contributed by atoms with van der Waals surface area (Å²) < 4.78 is 4.92. The summed E-state index contributed by atoms with van der Waals surface area (Å²) in [5.41, 5.74) is 0. The molecule has 0 saturated carbocycles. The van der Waals surface area contributed by atoms with Gasteiger partial charge in [-0.1, -0.05) is 18.5 Å². The Hall–Kier alpha value is -1.02. The summed E-state index contributed by atoms with van der Waals surface area (Å²) in [5, 5.41) is 0.631. The maximum atomic E-state index is 10.8. The summed E-state index contributed by atoms with van der Waals surface area (Å²) >= 11 is 5.64. The fraction of sp³-hybridized carbons (Fsp3) is 0.222. The summed E-state index contributed by atoms with van der Waals surface area (Å²) in [6, 6.07) is 6.69. The molecule has 1 aromatic carbocycles. The molecule has 0 aromatic heterocycles. The van der Waals surface area contributed by atoms with Crippen molar-refractivity contribution in [2.75, 3.05) is 0 Å². The molecule has 0 spiro atoms. The van der Waals surface area contributed by atoms with Crippen LogP contribution in [-0.2, 0) is 4.79 Å². The fourth-order valence-corrected chi connectivity index (χ4v) is 0.832. The molecule has 0 radical (unpaired) electrons. The average molecular weight is 185 g/mol. The van der Waals surface area contributed by atoms with Gasteiger partial charge in [-0.25, -0.2) is 0 Å². The molecule has 0 bridgehead atoms. The van der Waals surface area contributed by atoms with Gasteiger partial charge in [0.2, 0.25) is 0 Å².